The van der Waals surface area contributed by atoms with Crippen LogP contribution in [-0.2, 0) is 6.42 Å². The van der Waals surface area contributed by atoms with Gasteiger partial charge < -0.3 is 15.0 Å². The van der Waals surface area contributed by atoms with Gasteiger partial charge >= 0.3 is 0 Å². The number of hydrogen-bond donors (Lipinski definition) is 1. The lowest BCUT2D eigenvalue weighted by Gasteiger charge is -2.29. The summed E-state index contributed by atoms with van der Waals surface area (Å²) in [7, 11) is 0. The number of nitrogens with one attached hydrogen (secondary N) is 1. The predicted molar refractivity (Wildman–Crippen MR) is 114 cm³/mol. The SMILES string of the molecule is CC(C)Oc1ccc(NC(=O)c2cnc(N3CCCc4ccccc43)nc2)cc1. The van der Waals surface area contributed by atoms with Crippen molar-refractivity contribution in [2.75, 3.05) is 16.8 Å². The Labute approximate surface area is 170 Å². The van der Waals surface area contributed by atoms with Crippen molar-refractivity contribution in [3.63, 3.8) is 0 Å². The highest BCUT2D eigenvalue weighted by Crippen LogP contribution is 2.31. The number of carbonyl (C=O) groups excluding carboxylic acids is 1. The minimum absolute atomic E-state index is 0.109. The van der Waals surface area contributed by atoms with Crippen molar-refractivity contribution in [1.82, 2.24) is 9.97 Å². The standard InChI is InChI=1S/C23H24N4O2/c1-16(2)29-20-11-9-19(10-12-20)26-22(28)18-14-24-23(25-15-18)27-13-5-7-17-6-3-4-8-21(17)27/h3-4,6,8-12,14-16H,5,7,13H2,1-2H3,(H,26,28). The fourth-order valence-electron chi connectivity index (χ4n) is 3.41. The van der Waals surface area contributed by atoms with Crippen LogP contribution in [0.3, 0.4) is 0 Å². The molecule has 0 aliphatic carbocycles. The number of aryl methyl sites for hydroxylation is 1. The second-order valence-electron chi connectivity index (χ2n) is 7.30. The molecule has 1 N–H and O–H groups in total. The zero-order valence-corrected chi connectivity index (χ0v) is 16.6. The lowest BCUT2D eigenvalue weighted by molar-refractivity contribution is 0.102. The summed E-state index contributed by atoms with van der Waals surface area (Å²) in [4.78, 5) is 23.5. The van der Waals surface area contributed by atoms with E-state index in [9.17, 15) is 4.79 Å². The summed E-state index contributed by atoms with van der Waals surface area (Å²) in [6, 6.07) is 15.6. The molecule has 1 aromatic heterocycles. The van der Waals surface area contributed by atoms with Crippen LogP contribution >= 0.6 is 0 Å². The lowest BCUT2D eigenvalue weighted by atomic mass is 10.0. The molecule has 0 saturated heterocycles. The second-order valence-corrected chi connectivity index (χ2v) is 7.30. The Morgan fingerprint density at radius 1 is 1.07 bits per heavy atom. The van der Waals surface area contributed by atoms with E-state index in [0.29, 0.717) is 17.2 Å². The van der Waals surface area contributed by atoms with Gasteiger partial charge in [0.05, 0.1) is 11.7 Å². The smallest absolute Gasteiger partial charge is 0.258 e. The van der Waals surface area contributed by atoms with Crippen molar-refractivity contribution in [2.45, 2.75) is 32.8 Å². The summed E-state index contributed by atoms with van der Waals surface area (Å²) in [6.45, 7) is 4.82. The van der Waals surface area contributed by atoms with Crippen LogP contribution in [0.15, 0.2) is 60.9 Å². The normalized spacial score (nSPS) is 13.1. The summed E-state index contributed by atoms with van der Waals surface area (Å²) < 4.78 is 5.62. The van der Waals surface area contributed by atoms with Gasteiger partial charge in [-0.15, -0.1) is 0 Å². The molecule has 0 atom stereocenters. The van der Waals surface area contributed by atoms with Gasteiger partial charge in [-0.25, -0.2) is 9.97 Å². The topological polar surface area (TPSA) is 67.3 Å². The molecule has 1 amide bonds. The number of para-hydroxylation sites is 1. The zero-order valence-electron chi connectivity index (χ0n) is 16.6. The molecule has 0 radical (unpaired) electrons. The van der Waals surface area contributed by atoms with Crippen LogP contribution in [0, 0.1) is 0 Å². The largest absolute Gasteiger partial charge is 0.491 e. The van der Waals surface area contributed by atoms with Gasteiger partial charge in [0.25, 0.3) is 5.91 Å². The van der Waals surface area contributed by atoms with Crippen LogP contribution in [-0.4, -0.2) is 28.5 Å². The van der Waals surface area contributed by atoms with Gasteiger partial charge in [-0.2, -0.15) is 0 Å². The molecule has 1 aliphatic heterocycles. The zero-order chi connectivity index (χ0) is 20.2. The van der Waals surface area contributed by atoms with Gasteiger partial charge in [-0.3, -0.25) is 4.79 Å². The Bertz CT molecular complexity index is 985. The molecule has 0 spiro atoms. The number of nitrogens with zero attached hydrogens (tertiary/aromatic N) is 3. The number of carbonyl (C=O) groups is 1. The third-order valence-corrected chi connectivity index (χ3v) is 4.74. The maximum atomic E-state index is 12.5. The maximum Gasteiger partial charge on any atom is 0.258 e. The number of ether oxygens (including phenoxy) is 1. The summed E-state index contributed by atoms with van der Waals surface area (Å²) in [5.41, 5.74) is 3.55. The summed E-state index contributed by atoms with van der Waals surface area (Å²) >= 11 is 0. The van der Waals surface area contributed by atoms with E-state index in [4.69, 9.17) is 4.74 Å². The van der Waals surface area contributed by atoms with Gasteiger partial charge in [0.15, 0.2) is 0 Å². The fourth-order valence-corrected chi connectivity index (χ4v) is 3.41. The molecule has 0 bridgehead atoms. The molecule has 1 aliphatic rings. The first-order valence-electron chi connectivity index (χ1n) is 9.86. The Morgan fingerprint density at radius 2 is 1.79 bits per heavy atom. The van der Waals surface area contributed by atoms with Crippen LogP contribution in [0.25, 0.3) is 0 Å². The molecule has 0 unspecified atom stereocenters. The predicted octanol–water partition coefficient (Wildman–Crippen LogP) is 4.60. The van der Waals surface area contributed by atoms with E-state index in [0.717, 1.165) is 30.8 Å². The molecule has 0 saturated carbocycles. The van der Waals surface area contributed by atoms with Gasteiger partial charge in [0.2, 0.25) is 5.95 Å². The fraction of sp³-hybridized carbons (Fsp3) is 0.261. The highest BCUT2D eigenvalue weighted by Gasteiger charge is 2.20. The van der Waals surface area contributed by atoms with Crippen LogP contribution in [0.2, 0.25) is 0 Å². The molecule has 6 heteroatoms. The number of anilines is 3. The van der Waals surface area contributed by atoms with Crippen molar-refractivity contribution in [1.29, 1.82) is 0 Å². The molecule has 29 heavy (non-hydrogen) atoms. The summed E-state index contributed by atoms with van der Waals surface area (Å²) in [5.74, 6) is 1.14. The van der Waals surface area contributed by atoms with E-state index in [2.05, 4.69) is 38.4 Å². The second kappa shape index (κ2) is 8.31. The van der Waals surface area contributed by atoms with Crippen molar-refractivity contribution in [2.24, 2.45) is 0 Å². The Kier molecular flexibility index (Phi) is 5.42. The molecule has 0 fully saturated rings. The minimum atomic E-state index is -0.242. The molecule has 4 rings (SSSR count). The van der Waals surface area contributed by atoms with E-state index >= 15 is 0 Å². The van der Waals surface area contributed by atoms with E-state index in [1.165, 1.54) is 5.56 Å². The molecule has 6 nitrogen and oxygen atoms in total. The molecule has 2 heterocycles. The van der Waals surface area contributed by atoms with Crippen LogP contribution < -0.4 is 15.0 Å². The van der Waals surface area contributed by atoms with E-state index in [1.54, 1.807) is 12.4 Å². The molecular weight excluding hydrogens is 364 g/mol. The first-order valence-corrected chi connectivity index (χ1v) is 9.86. The molecule has 3 aromatic rings. The number of benzene rings is 2. The Hall–Kier alpha value is -3.41. The van der Waals surface area contributed by atoms with Gasteiger partial charge in [-0.1, -0.05) is 18.2 Å². The molecule has 148 valence electrons. The number of hydrogen-bond acceptors (Lipinski definition) is 5. The number of amides is 1. The molecular formula is C23H24N4O2. The third-order valence-electron chi connectivity index (χ3n) is 4.74. The Balaban J connectivity index is 1.45. The monoisotopic (exact) mass is 388 g/mol. The Morgan fingerprint density at radius 3 is 2.52 bits per heavy atom. The minimum Gasteiger partial charge on any atom is -0.491 e. The van der Waals surface area contributed by atoms with Gasteiger partial charge in [0.1, 0.15) is 5.75 Å². The van der Waals surface area contributed by atoms with Crippen molar-refractivity contribution in [3.8, 4) is 5.75 Å². The quantitative estimate of drug-likeness (QED) is 0.692. The highest BCUT2D eigenvalue weighted by molar-refractivity contribution is 6.03. The first-order chi connectivity index (χ1) is 14.1. The van der Waals surface area contributed by atoms with E-state index in [1.807, 2.05) is 44.2 Å². The highest BCUT2D eigenvalue weighted by atomic mass is 16.5. The average Bonchev–Trinajstić information content (AvgIpc) is 2.74. The first kappa shape index (κ1) is 18.9. The summed E-state index contributed by atoms with van der Waals surface area (Å²) in [5, 5.41) is 2.87. The van der Waals surface area contributed by atoms with Crippen molar-refractivity contribution < 1.29 is 9.53 Å². The van der Waals surface area contributed by atoms with Gasteiger partial charge in [0, 0.05) is 30.3 Å². The van der Waals surface area contributed by atoms with Crippen LogP contribution in [0.1, 0.15) is 36.2 Å². The van der Waals surface area contributed by atoms with Crippen molar-refractivity contribution >= 4 is 23.2 Å². The summed E-state index contributed by atoms with van der Waals surface area (Å²) in [6.07, 6.45) is 5.38. The van der Waals surface area contributed by atoms with Crippen molar-refractivity contribution in [3.05, 3.63) is 72.1 Å². The third kappa shape index (κ3) is 4.37. The maximum absolute atomic E-state index is 12.5. The lowest BCUT2D eigenvalue weighted by Crippen LogP contribution is -2.26. The van der Waals surface area contributed by atoms with Gasteiger partial charge in [-0.05, 0) is 62.6 Å². The average molecular weight is 388 g/mol. The van der Waals surface area contributed by atoms with E-state index < -0.39 is 0 Å². The van der Waals surface area contributed by atoms with Crippen LogP contribution in [0.4, 0.5) is 17.3 Å². The van der Waals surface area contributed by atoms with Crippen LogP contribution in [0.5, 0.6) is 5.75 Å². The molecule has 2 aromatic carbocycles. The number of rotatable bonds is 5. The van der Waals surface area contributed by atoms with E-state index in [-0.39, 0.29) is 12.0 Å². The number of aromatic nitrogens is 2. The number of fused-ring (bicyclic) bond motifs is 1.